The molecular weight excluding hydrogens is 520 g/mol. The Kier molecular flexibility index (Phi) is 8.74. The van der Waals surface area contributed by atoms with E-state index in [1.807, 2.05) is 31.2 Å². The summed E-state index contributed by atoms with van der Waals surface area (Å²) in [5.74, 6) is -1.26. The molecule has 3 aromatic carbocycles. The van der Waals surface area contributed by atoms with E-state index in [4.69, 9.17) is 4.74 Å². The van der Waals surface area contributed by atoms with E-state index < -0.39 is 22.6 Å². The zero-order valence-corrected chi connectivity index (χ0v) is 22.1. The van der Waals surface area contributed by atoms with E-state index in [0.717, 1.165) is 17.3 Å². The lowest BCUT2D eigenvalue weighted by atomic mass is 10.2. The van der Waals surface area contributed by atoms with Gasteiger partial charge in [-0.2, -0.15) is 0 Å². The average Bonchev–Trinajstić information content (AvgIpc) is 3.14. The summed E-state index contributed by atoms with van der Waals surface area (Å²) < 4.78 is 5.07. The zero-order valence-electron chi connectivity index (χ0n) is 21.3. The number of amides is 3. The number of aryl methyl sites for hydroxylation is 1. The maximum absolute atomic E-state index is 13.3. The van der Waals surface area contributed by atoms with Crippen LogP contribution in [0.2, 0.25) is 0 Å². The summed E-state index contributed by atoms with van der Waals surface area (Å²) in [5, 5.41) is 16.7. The van der Waals surface area contributed by atoms with Gasteiger partial charge >= 0.3 is 0 Å². The Labute approximate surface area is 229 Å². The van der Waals surface area contributed by atoms with Crippen molar-refractivity contribution in [3.05, 3.63) is 105 Å². The number of nitrogens with one attached hydrogen (secondary N) is 2. The Balaban J connectivity index is 1.56. The fourth-order valence-electron chi connectivity index (χ4n) is 3.80. The van der Waals surface area contributed by atoms with Gasteiger partial charge in [0.2, 0.25) is 0 Å². The van der Waals surface area contributed by atoms with Gasteiger partial charge < -0.3 is 15.4 Å². The van der Waals surface area contributed by atoms with Crippen molar-refractivity contribution in [1.29, 1.82) is 0 Å². The third-order valence-electron chi connectivity index (χ3n) is 5.83. The predicted molar refractivity (Wildman–Crippen MR) is 148 cm³/mol. The number of nitrogens with zero attached hydrogens (tertiary/aromatic N) is 2. The molecule has 1 aliphatic heterocycles. The summed E-state index contributed by atoms with van der Waals surface area (Å²) in [7, 11) is 1.56. The summed E-state index contributed by atoms with van der Waals surface area (Å²) in [6.45, 7) is 2.59. The first-order valence-electron chi connectivity index (χ1n) is 12.0. The van der Waals surface area contributed by atoms with Crippen LogP contribution in [-0.2, 0) is 14.3 Å². The Morgan fingerprint density at radius 3 is 2.38 bits per heavy atom. The van der Waals surface area contributed by atoms with Crippen LogP contribution in [0.25, 0.3) is 0 Å². The normalized spacial score (nSPS) is 13.1. The molecule has 0 saturated carbocycles. The van der Waals surface area contributed by atoms with Crippen molar-refractivity contribution in [2.24, 2.45) is 0 Å². The van der Waals surface area contributed by atoms with Crippen molar-refractivity contribution in [2.45, 2.75) is 18.2 Å². The molecule has 0 aromatic heterocycles. The molecule has 3 aromatic rings. The number of ether oxygens (including phenoxy) is 1. The van der Waals surface area contributed by atoms with E-state index in [1.54, 1.807) is 31.4 Å². The molecule has 0 radical (unpaired) electrons. The lowest BCUT2D eigenvalue weighted by Crippen LogP contribution is -2.33. The minimum atomic E-state index is -0.535. The van der Waals surface area contributed by atoms with Gasteiger partial charge in [0.05, 0.1) is 4.92 Å². The number of anilines is 2. The summed E-state index contributed by atoms with van der Waals surface area (Å²) in [6.07, 6.45) is 0.508. The molecule has 10 nitrogen and oxygen atoms in total. The van der Waals surface area contributed by atoms with Gasteiger partial charge in [0.1, 0.15) is 10.6 Å². The van der Waals surface area contributed by atoms with Crippen molar-refractivity contribution < 1.29 is 24.0 Å². The Morgan fingerprint density at radius 2 is 1.72 bits per heavy atom. The van der Waals surface area contributed by atoms with Crippen molar-refractivity contribution in [3.63, 3.8) is 0 Å². The van der Waals surface area contributed by atoms with Crippen LogP contribution in [0.15, 0.2) is 88.3 Å². The largest absolute Gasteiger partial charge is 0.385 e. The molecule has 0 bridgehead atoms. The molecule has 11 heteroatoms. The number of nitro benzene ring substituents is 1. The second-order valence-electron chi connectivity index (χ2n) is 8.69. The highest BCUT2D eigenvalue weighted by Crippen LogP contribution is 2.37. The standard InChI is InChI=1S/C28H26N4O6S/c1-18-7-11-20(12-8-18)29-24-25(28(35)31(27(24)34)15-4-16-38-2)39-23-6-3-5-21(17-23)30-26(33)19-9-13-22(14-10-19)32(36)37/h3,5-14,17,29H,4,15-16H2,1-2H3,(H,30,33). The number of hydrogen-bond acceptors (Lipinski definition) is 8. The first-order chi connectivity index (χ1) is 18.8. The number of methoxy groups -OCH3 is 1. The van der Waals surface area contributed by atoms with E-state index in [0.29, 0.717) is 29.3 Å². The molecule has 0 atom stereocenters. The van der Waals surface area contributed by atoms with Crippen molar-refractivity contribution in [3.8, 4) is 0 Å². The molecule has 39 heavy (non-hydrogen) atoms. The maximum atomic E-state index is 13.3. The van der Waals surface area contributed by atoms with Gasteiger partial charge in [-0.15, -0.1) is 0 Å². The number of carbonyl (C=O) groups excluding carboxylic acids is 3. The molecule has 1 heterocycles. The summed E-state index contributed by atoms with van der Waals surface area (Å²) in [5.41, 5.74) is 2.54. The predicted octanol–water partition coefficient (Wildman–Crippen LogP) is 4.98. The third-order valence-corrected chi connectivity index (χ3v) is 6.90. The van der Waals surface area contributed by atoms with Crippen molar-refractivity contribution in [2.75, 3.05) is 30.9 Å². The first kappa shape index (κ1) is 27.6. The number of hydrogen-bond donors (Lipinski definition) is 2. The van der Waals surface area contributed by atoms with Gasteiger partial charge in [-0.1, -0.05) is 35.5 Å². The number of nitro groups is 1. The molecule has 4 rings (SSSR count). The second-order valence-corrected chi connectivity index (χ2v) is 9.78. The first-order valence-corrected chi connectivity index (χ1v) is 12.9. The SMILES string of the molecule is COCCCN1C(=O)C(Nc2ccc(C)cc2)=C(Sc2cccc(NC(=O)c3ccc([N+](=O)[O-])cc3)c2)C1=O. The Bertz CT molecular complexity index is 1440. The molecule has 0 unspecified atom stereocenters. The van der Waals surface area contributed by atoms with E-state index in [-0.39, 0.29) is 28.4 Å². The molecule has 3 amide bonds. The smallest absolute Gasteiger partial charge is 0.278 e. The van der Waals surface area contributed by atoms with Gasteiger partial charge in [0.25, 0.3) is 23.4 Å². The summed E-state index contributed by atoms with van der Waals surface area (Å²) >= 11 is 1.13. The van der Waals surface area contributed by atoms with Crippen LogP contribution in [0.4, 0.5) is 17.1 Å². The molecule has 200 valence electrons. The summed E-state index contributed by atoms with van der Waals surface area (Å²) in [6, 6.07) is 19.6. The molecule has 1 aliphatic rings. The minimum absolute atomic E-state index is 0.111. The Morgan fingerprint density at radius 1 is 1.00 bits per heavy atom. The van der Waals surface area contributed by atoms with Crippen LogP contribution >= 0.6 is 11.8 Å². The quantitative estimate of drug-likeness (QED) is 0.149. The molecule has 0 saturated heterocycles. The maximum Gasteiger partial charge on any atom is 0.278 e. The zero-order chi connectivity index (χ0) is 27.9. The topological polar surface area (TPSA) is 131 Å². The van der Waals surface area contributed by atoms with E-state index in [2.05, 4.69) is 10.6 Å². The van der Waals surface area contributed by atoms with E-state index >= 15 is 0 Å². The number of imide groups is 1. The van der Waals surface area contributed by atoms with Crippen LogP contribution in [-0.4, -0.2) is 47.8 Å². The second kappa shape index (κ2) is 12.4. The van der Waals surface area contributed by atoms with Crippen LogP contribution in [0.1, 0.15) is 22.3 Å². The number of benzene rings is 3. The fourth-order valence-corrected chi connectivity index (χ4v) is 4.81. The van der Waals surface area contributed by atoms with E-state index in [9.17, 15) is 24.5 Å². The summed E-state index contributed by atoms with van der Waals surface area (Å²) in [4.78, 5) is 51.7. The van der Waals surface area contributed by atoms with Crippen LogP contribution < -0.4 is 10.6 Å². The lowest BCUT2D eigenvalue weighted by Gasteiger charge is -2.14. The highest BCUT2D eigenvalue weighted by atomic mass is 32.2. The van der Waals surface area contributed by atoms with Crippen LogP contribution in [0.3, 0.4) is 0 Å². The Hall–Kier alpha value is -4.48. The monoisotopic (exact) mass is 546 g/mol. The van der Waals surface area contributed by atoms with Crippen LogP contribution in [0, 0.1) is 17.0 Å². The number of thioether (sulfide) groups is 1. The third kappa shape index (κ3) is 6.70. The fraction of sp³-hybridized carbons (Fsp3) is 0.179. The van der Waals surface area contributed by atoms with Crippen LogP contribution in [0.5, 0.6) is 0 Å². The highest BCUT2D eigenvalue weighted by molar-refractivity contribution is 8.04. The highest BCUT2D eigenvalue weighted by Gasteiger charge is 2.38. The van der Waals surface area contributed by atoms with Gasteiger partial charge in [0.15, 0.2) is 0 Å². The molecule has 0 spiro atoms. The molecule has 0 aliphatic carbocycles. The molecule has 2 N–H and O–H groups in total. The number of rotatable bonds is 11. The van der Waals surface area contributed by atoms with Crippen molar-refractivity contribution >= 4 is 46.5 Å². The average molecular weight is 547 g/mol. The van der Waals surface area contributed by atoms with Gasteiger partial charge in [-0.25, -0.2) is 0 Å². The minimum Gasteiger partial charge on any atom is -0.385 e. The molecular formula is C28H26N4O6S. The van der Waals surface area contributed by atoms with Gasteiger partial charge in [-0.3, -0.25) is 29.4 Å². The van der Waals surface area contributed by atoms with Gasteiger partial charge in [0, 0.05) is 54.2 Å². The lowest BCUT2D eigenvalue weighted by molar-refractivity contribution is -0.384. The number of carbonyl (C=O) groups is 3. The van der Waals surface area contributed by atoms with E-state index in [1.165, 1.54) is 29.2 Å². The van der Waals surface area contributed by atoms with Gasteiger partial charge in [-0.05, 0) is 55.8 Å². The van der Waals surface area contributed by atoms with Crippen molar-refractivity contribution in [1.82, 2.24) is 4.90 Å². The number of non-ortho nitro benzene ring substituents is 1. The molecule has 0 fully saturated rings.